The average Bonchev–Trinajstić information content (AvgIpc) is 3.07. The summed E-state index contributed by atoms with van der Waals surface area (Å²) in [5.41, 5.74) is 3.12. The van der Waals surface area contributed by atoms with Crippen molar-refractivity contribution in [1.29, 1.82) is 0 Å². The Morgan fingerprint density at radius 2 is 1.62 bits per heavy atom. The smallest absolute Gasteiger partial charge is 0.283 e. The third-order valence-corrected chi connectivity index (χ3v) is 5.77. The molecule has 1 aliphatic rings. The van der Waals surface area contributed by atoms with E-state index in [4.69, 9.17) is 16.3 Å². The van der Waals surface area contributed by atoms with E-state index >= 15 is 0 Å². The molecule has 0 saturated heterocycles. The van der Waals surface area contributed by atoms with E-state index in [1.165, 1.54) is 7.11 Å². The quantitative estimate of drug-likeness (QED) is 0.472. The predicted molar refractivity (Wildman–Crippen MR) is 132 cm³/mol. The lowest BCUT2D eigenvalue weighted by atomic mass is 10.1. The summed E-state index contributed by atoms with van der Waals surface area (Å²) in [6.45, 7) is 2.02. The number of carbonyl (C=O) groups excluding carboxylic acids is 3. The monoisotopic (exact) mass is 475 g/mol. The molecule has 3 aromatic rings. The van der Waals surface area contributed by atoms with Crippen LogP contribution in [-0.2, 0) is 16.0 Å². The number of nitrogens with one attached hydrogen (secondary N) is 2. The van der Waals surface area contributed by atoms with Gasteiger partial charge < -0.3 is 15.4 Å². The highest BCUT2D eigenvalue weighted by Crippen LogP contribution is 2.31. The van der Waals surface area contributed by atoms with Gasteiger partial charge in [0.15, 0.2) is 0 Å². The molecule has 3 amide bonds. The molecule has 1 aliphatic heterocycles. The maximum Gasteiger partial charge on any atom is 0.283 e. The van der Waals surface area contributed by atoms with E-state index in [1.807, 2.05) is 31.2 Å². The third-order valence-electron chi connectivity index (χ3n) is 5.42. The molecule has 0 spiro atoms. The Bertz CT molecular complexity index is 1280. The van der Waals surface area contributed by atoms with Gasteiger partial charge in [0.05, 0.1) is 12.8 Å². The molecule has 0 unspecified atom stereocenters. The number of amides is 3. The summed E-state index contributed by atoms with van der Waals surface area (Å²) in [6.07, 6.45) is 0.801. The number of carbonyl (C=O) groups is 3. The highest BCUT2D eigenvalue weighted by molar-refractivity contribution is 6.53. The number of halogens is 1. The van der Waals surface area contributed by atoms with Gasteiger partial charge in [-0.15, -0.1) is 0 Å². The van der Waals surface area contributed by atoms with E-state index in [0.29, 0.717) is 22.7 Å². The molecule has 0 saturated carbocycles. The standard InChI is InChI=1S/C26H22ClN3O4/c1-3-16-6-4-5-7-21(16)29-24(31)17-8-10-18(11-9-17)28-23-22(27)25(32)30(26(23)33)19-12-14-20(34-2)15-13-19/h4-15,28H,3H2,1-2H3,(H,29,31). The first-order valence-corrected chi connectivity index (χ1v) is 11.0. The Morgan fingerprint density at radius 3 is 2.26 bits per heavy atom. The van der Waals surface area contributed by atoms with Crippen molar-refractivity contribution in [1.82, 2.24) is 0 Å². The fourth-order valence-electron chi connectivity index (χ4n) is 3.57. The summed E-state index contributed by atoms with van der Waals surface area (Å²) in [5, 5.41) is 5.62. The molecule has 8 heteroatoms. The maximum atomic E-state index is 12.9. The van der Waals surface area contributed by atoms with Crippen LogP contribution in [0, 0.1) is 0 Å². The van der Waals surface area contributed by atoms with Gasteiger partial charge in [0.1, 0.15) is 16.5 Å². The maximum absolute atomic E-state index is 12.9. The predicted octanol–water partition coefficient (Wildman–Crippen LogP) is 4.95. The number of hydrogen-bond acceptors (Lipinski definition) is 5. The largest absolute Gasteiger partial charge is 0.497 e. The van der Waals surface area contributed by atoms with Gasteiger partial charge in [0.2, 0.25) is 0 Å². The van der Waals surface area contributed by atoms with Gasteiger partial charge >= 0.3 is 0 Å². The van der Waals surface area contributed by atoms with Crippen LogP contribution in [-0.4, -0.2) is 24.8 Å². The molecule has 0 radical (unpaired) electrons. The summed E-state index contributed by atoms with van der Waals surface area (Å²) >= 11 is 6.19. The van der Waals surface area contributed by atoms with Crippen LogP contribution >= 0.6 is 11.6 Å². The molecule has 1 heterocycles. The topological polar surface area (TPSA) is 87.7 Å². The fourth-order valence-corrected chi connectivity index (χ4v) is 3.78. The number of anilines is 3. The second-order valence-electron chi connectivity index (χ2n) is 7.50. The van der Waals surface area contributed by atoms with Crippen molar-refractivity contribution in [2.75, 3.05) is 22.6 Å². The van der Waals surface area contributed by atoms with Crippen molar-refractivity contribution in [2.45, 2.75) is 13.3 Å². The van der Waals surface area contributed by atoms with Crippen LogP contribution < -0.4 is 20.3 Å². The molecule has 0 bridgehead atoms. The summed E-state index contributed by atoms with van der Waals surface area (Å²) in [6, 6.07) is 20.7. The van der Waals surface area contributed by atoms with E-state index in [9.17, 15) is 14.4 Å². The lowest BCUT2D eigenvalue weighted by molar-refractivity contribution is -0.120. The second-order valence-corrected chi connectivity index (χ2v) is 7.88. The lowest BCUT2D eigenvalue weighted by Crippen LogP contribution is -2.32. The molecule has 0 fully saturated rings. The summed E-state index contributed by atoms with van der Waals surface area (Å²) in [7, 11) is 1.53. The summed E-state index contributed by atoms with van der Waals surface area (Å²) in [5.74, 6) is -0.840. The number of imide groups is 1. The molecule has 0 atom stereocenters. The van der Waals surface area contributed by atoms with E-state index < -0.39 is 11.8 Å². The van der Waals surface area contributed by atoms with Gasteiger partial charge in [-0.3, -0.25) is 14.4 Å². The van der Waals surface area contributed by atoms with Crippen LogP contribution in [0.3, 0.4) is 0 Å². The molecule has 2 N–H and O–H groups in total. The van der Waals surface area contributed by atoms with Crippen LogP contribution in [0.2, 0.25) is 0 Å². The molecule has 7 nitrogen and oxygen atoms in total. The zero-order chi connectivity index (χ0) is 24.2. The Kier molecular flexibility index (Phi) is 6.65. The number of para-hydroxylation sites is 1. The molecule has 172 valence electrons. The van der Waals surface area contributed by atoms with Crippen LogP contribution in [0.4, 0.5) is 17.1 Å². The zero-order valence-corrected chi connectivity index (χ0v) is 19.3. The first kappa shape index (κ1) is 23.1. The first-order valence-electron chi connectivity index (χ1n) is 10.6. The number of ether oxygens (including phenoxy) is 1. The van der Waals surface area contributed by atoms with Crippen molar-refractivity contribution < 1.29 is 19.1 Å². The van der Waals surface area contributed by atoms with Gasteiger partial charge in [0, 0.05) is 16.9 Å². The third kappa shape index (κ3) is 4.51. The van der Waals surface area contributed by atoms with E-state index in [2.05, 4.69) is 10.6 Å². The number of aryl methyl sites for hydroxylation is 1. The molecular formula is C26H22ClN3O4. The molecule has 0 aliphatic carbocycles. The minimum absolute atomic E-state index is 0.0310. The van der Waals surface area contributed by atoms with Crippen molar-refractivity contribution >= 4 is 46.4 Å². The number of rotatable bonds is 7. The molecule has 4 rings (SSSR count). The Hall–Kier alpha value is -4.10. The van der Waals surface area contributed by atoms with Crippen molar-refractivity contribution in [3.63, 3.8) is 0 Å². The van der Waals surface area contributed by atoms with Crippen LogP contribution in [0.15, 0.2) is 83.5 Å². The summed E-state index contributed by atoms with van der Waals surface area (Å²) in [4.78, 5) is 39.2. The van der Waals surface area contributed by atoms with Gasteiger partial charge in [0.25, 0.3) is 17.7 Å². The van der Waals surface area contributed by atoms with Crippen LogP contribution in [0.1, 0.15) is 22.8 Å². The molecule has 34 heavy (non-hydrogen) atoms. The van der Waals surface area contributed by atoms with Crippen LogP contribution in [0.5, 0.6) is 5.75 Å². The first-order chi connectivity index (χ1) is 16.4. The van der Waals surface area contributed by atoms with Gasteiger partial charge in [-0.25, -0.2) is 4.90 Å². The minimum atomic E-state index is -0.620. The number of nitrogens with zero attached hydrogens (tertiary/aromatic N) is 1. The van der Waals surface area contributed by atoms with Crippen molar-refractivity contribution in [2.24, 2.45) is 0 Å². The lowest BCUT2D eigenvalue weighted by Gasteiger charge is -2.15. The molecular weight excluding hydrogens is 454 g/mol. The normalized spacial score (nSPS) is 13.3. The molecule has 0 aromatic heterocycles. The van der Waals surface area contributed by atoms with E-state index in [-0.39, 0.29) is 16.6 Å². The second kappa shape index (κ2) is 9.80. The summed E-state index contributed by atoms with van der Waals surface area (Å²) < 4.78 is 5.11. The van der Waals surface area contributed by atoms with E-state index in [1.54, 1.807) is 48.5 Å². The van der Waals surface area contributed by atoms with Gasteiger partial charge in [-0.05, 0) is 66.6 Å². The van der Waals surface area contributed by atoms with Crippen LogP contribution in [0.25, 0.3) is 0 Å². The van der Waals surface area contributed by atoms with E-state index in [0.717, 1.165) is 22.6 Å². The Balaban J connectivity index is 1.47. The van der Waals surface area contributed by atoms with Gasteiger partial charge in [-0.1, -0.05) is 36.7 Å². The van der Waals surface area contributed by atoms with Gasteiger partial charge in [-0.2, -0.15) is 0 Å². The average molecular weight is 476 g/mol. The molecule has 3 aromatic carbocycles. The van der Waals surface area contributed by atoms with Crippen molar-refractivity contribution in [3.8, 4) is 5.75 Å². The minimum Gasteiger partial charge on any atom is -0.497 e. The number of benzene rings is 3. The number of hydrogen-bond donors (Lipinski definition) is 2. The fraction of sp³-hybridized carbons (Fsp3) is 0.115. The Labute approximate surface area is 202 Å². The van der Waals surface area contributed by atoms with Crippen molar-refractivity contribution in [3.05, 3.63) is 94.7 Å². The highest BCUT2D eigenvalue weighted by Gasteiger charge is 2.39. The number of methoxy groups -OCH3 is 1. The zero-order valence-electron chi connectivity index (χ0n) is 18.6. The Morgan fingerprint density at radius 1 is 0.941 bits per heavy atom. The highest BCUT2D eigenvalue weighted by atomic mass is 35.5. The SMILES string of the molecule is CCc1ccccc1NC(=O)c1ccc(NC2=C(Cl)C(=O)N(c3ccc(OC)cc3)C2=O)cc1.